The molecule has 7 nitrogen and oxygen atoms in total. The highest BCUT2D eigenvalue weighted by Gasteiger charge is 2.16. The number of para-hydroxylation sites is 2. The van der Waals surface area contributed by atoms with Crippen molar-refractivity contribution in [3.05, 3.63) is 54.1 Å². The molecule has 0 aliphatic heterocycles. The number of methoxy groups -OCH3 is 1. The molecule has 25 heavy (non-hydrogen) atoms. The maximum atomic E-state index is 12.0. The van der Waals surface area contributed by atoms with Crippen LogP contribution in [0.4, 0.5) is 11.4 Å². The first kappa shape index (κ1) is 18.0. The molecule has 0 bridgehead atoms. The normalized spacial score (nSPS) is 9.84. The Labute approximate surface area is 144 Å². The minimum atomic E-state index is -0.836. The summed E-state index contributed by atoms with van der Waals surface area (Å²) in [5, 5.41) is 4.96. The summed E-state index contributed by atoms with van der Waals surface area (Å²) in [5.41, 5.74) is 1.13. The van der Waals surface area contributed by atoms with Gasteiger partial charge >= 0.3 is 17.8 Å². The maximum Gasteiger partial charge on any atom is 0.337 e. The molecule has 2 aromatic carbocycles. The van der Waals surface area contributed by atoms with Crippen LogP contribution in [-0.4, -0.2) is 31.5 Å². The minimum Gasteiger partial charge on any atom is -0.492 e. The summed E-state index contributed by atoms with van der Waals surface area (Å²) in [6, 6.07) is 12.8. The van der Waals surface area contributed by atoms with Crippen LogP contribution < -0.4 is 15.4 Å². The van der Waals surface area contributed by atoms with E-state index in [0.29, 0.717) is 29.3 Å². The molecule has 2 rings (SSSR count). The quantitative estimate of drug-likeness (QED) is 0.643. The number of nitrogens with one attached hydrogen (secondary N) is 2. The molecule has 0 heterocycles. The fourth-order valence-corrected chi connectivity index (χ4v) is 2.03. The third kappa shape index (κ3) is 4.81. The molecule has 0 unspecified atom stereocenters. The van der Waals surface area contributed by atoms with Crippen molar-refractivity contribution in [2.75, 3.05) is 24.4 Å². The molecule has 2 aromatic rings. The highest BCUT2D eigenvalue weighted by Crippen LogP contribution is 2.23. The third-order valence-corrected chi connectivity index (χ3v) is 3.21. The lowest BCUT2D eigenvalue weighted by atomic mass is 10.2. The van der Waals surface area contributed by atoms with Crippen LogP contribution in [0.2, 0.25) is 0 Å². The Morgan fingerprint density at radius 2 is 1.56 bits per heavy atom. The standard InChI is InChI=1S/C18H18N2O5/c1-3-25-15-7-5-4-6-14(15)20-17(22)16(21)19-13-10-8-12(9-11-13)18(23)24-2/h4-11H,3H2,1-2H3,(H,19,21)(H,20,22). The number of benzene rings is 2. The van der Waals surface area contributed by atoms with Gasteiger partial charge in [-0.25, -0.2) is 4.79 Å². The number of carbonyl (C=O) groups is 3. The van der Waals surface area contributed by atoms with Crippen LogP contribution in [0, 0.1) is 0 Å². The largest absolute Gasteiger partial charge is 0.492 e. The summed E-state index contributed by atoms with van der Waals surface area (Å²) in [7, 11) is 1.28. The van der Waals surface area contributed by atoms with E-state index in [1.165, 1.54) is 31.4 Å². The molecule has 0 aromatic heterocycles. The van der Waals surface area contributed by atoms with Gasteiger partial charge in [0.15, 0.2) is 0 Å². The van der Waals surface area contributed by atoms with Crippen molar-refractivity contribution in [3.8, 4) is 5.75 Å². The second-order valence-corrected chi connectivity index (χ2v) is 4.91. The van der Waals surface area contributed by atoms with E-state index in [2.05, 4.69) is 15.4 Å². The Balaban J connectivity index is 2.01. The molecule has 0 saturated carbocycles. The van der Waals surface area contributed by atoms with Crippen molar-refractivity contribution < 1.29 is 23.9 Å². The van der Waals surface area contributed by atoms with Gasteiger partial charge in [0.25, 0.3) is 0 Å². The molecule has 130 valence electrons. The maximum absolute atomic E-state index is 12.0. The molecule has 0 aliphatic rings. The van der Waals surface area contributed by atoms with E-state index in [4.69, 9.17) is 4.74 Å². The molecule has 0 aliphatic carbocycles. The van der Waals surface area contributed by atoms with Gasteiger partial charge in [-0.2, -0.15) is 0 Å². The van der Waals surface area contributed by atoms with Crippen molar-refractivity contribution in [2.45, 2.75) is 6.92 Å². The molecule has 2 N–H and O–H groups in total. The van der Waals surface area contributed by atoms with Gasteiger partial charge in [0, 0.05) is 5.69 Å². The van der Waals surface area contributed by atoms with Gasteiger partial charge in [-0.3, -0.25) is 9.59 Å². The summed E-state index contributed by atoms with van der Waals surface area (Å²) in [5.74, 6) is -1.67. The van der Waals surface area contributed by atoms with Gasteiger partial charge in [0.2, 0.25) is 0 Å². The highest BCUT2D eigenvalue weighted by atomic mass is 16.5. The van der Waals surface area contributed by atoms with E-state index in [-0.39, 0.29) is 0 Å². The zero-order valence-corrected chi connectivity index (χ0v) is 13.9. The first-order chi connectivity index (χ1) is 12.0. The predicted molar refractivity (Wildman–Crippen MR) is 92.7 cm³/mol. The molecular weight excluding hydrogens is 324 g/mol. The number of rotatable bonds is 5. The van der Waals surface area contributed by atoms with Gasteiger partial charge in [0.1, 0.15) is 5.75 Å². The van der Waals surface area contributed by atoms with Crippen molar-refractivity contribution in [1.29, 1.82) is 0 Å². The number of ether oxygens (including phenoxy) is 2. The average molecular weight is 342 g/mol. The fourth-order valence-electron chi connectivity index (χ4n) is 2.03. The zero-order chi connectivity index (χ0) is 18.2. The Morgan fingerprint density at radius 3 is 2.20 bits per heavy atom. The summed E-state index contributed by atoms with van der Waals surface area (Å²) >= 11 is 0. The Hall–Kier alpha value is -3.35. The summed E-state index contributed by atoms with van der Waals surface area (Å²) in [6.45, 7) is 2.26. The minimum absolute atomic E-state index is 0.343. The number of hydrogen-bond donors (Lipinski definition) is 2. The van der Waals surface area contributed by atoms with E-state index >= 15 is 0 Å². The van der Waals surface area contributed by atoms with E-state index in [0.717, 1.165) is 0 Å². The molecule has 7 heteroatoms. The van der Waals surface area contributed by atoms with E-state index < -0.39 is 17.8 Å². The summed E-state index contributed by atoms with van der Waals surface area (Å²) in [4.78, 5) is 35.4. The van der Waals surface area contributed by atoms with Crippen molar-refractivity contribution in [3.63, 3.8) is 0 Å². The topological polar surface area (TPSA) is 93.7 Å². The predicted octanol–water partition coefficient (Wildman–Crippen LogP) is 2.45. The van der Waals surface area contributed by atoms with Crippen LogP contribution in [0.5, 0.6) is 5.75 Å². The lowest BCUT2D eigenvalue weighted by Crippen LogP contribution is -2.29. The van der Waals surface area contributed by atoms with Crippen LogP contribution in [0.1, 0.15) is 17.3 Å². The summed E-state index contributed by atoms with van der Waals surface area (Å²) < 4.78 is 9.98. The molecular formula is C18H18N2O5. The van der Waals surface area contributed by atoms with E-state index in [1.807, 2.05) is 6.92 Å². The number of amides is 2. The molecule has 2 amide bonds. The molecule has 0 radical (unpaired) electrons. The van der Waals surface area contributed by atoms with Crippen LogP contribution in [0.3, 0.4) is 0 Å². The van der Waals surface area contributed by atoms with Gasteiger partial charge in [-0.05, 0) is 43.3 Å². The van der Waals surface area contributed by atoms with E-state index in [1.54, 1.807) is 24.3 Å². The second-order valence-electron chi connectivity index (χ2n) is 4.91. The Morgan fingerprint density at radius 1 is 0.920 bits per heavy atom. The van der Waals surface area contributed by atoms with E-state index in [9.17, 15) is 14.4 Å². The zero-order valence-electron chi connectivity index (χ0n) is 13.9. The van der Waals surface area contributed by atoms with Crippen LogP contribution in [-0.2, 0) is 14.3 Å². The number of hydrogen-bond acceptors (Lipinski definition) is 5. The monoisotopic (exact) mass is 342 g/mol. The van der Waals surface area contributed by atoms with Crippen LogP contribution in [0.15, 0.2) is 48.5 Å². The Kier molecular flexibility index (Phi) is 6.11. The number of carbonyl (C=O) groups excluding carboxylic acids is 3. The number of esters is 1. The fraction of sp³-hybridized carbons (Fsp3) is 0.167. The first-order valence-corrected chi connectivity index (χ1v) is 7.57. The molecule has 0 fully saturated rings. The molecule has 0 saturated heterocycles. The van der Waals surface area contributed by atoms with Gasteiger partial charge in [-0.1, -0.05) is 12.1 Å². The van der Waals surface area contributed by atoms with Gasteiger partial charge in [-0.15, -0.1) is 0 Å². The second kappa shape index (κ2) is 8.49. The van der Waals surface area contributed by atoms with Crippen LogP contribution in [0.25, 0.3) is 0 Å². The molecule has 0 atom stereocenters. The highest BCUT2D eigenvalue weighted by molar-refractivity contribution is 6.43. The third-order valence-electron chi connectivity index (χ3n) is 3.21. The van der Waals surface area contributed by atoms with Crippen LogP contribution >= 0.6 is 0 Å². The number of anilines is 2. The summed E-state index contributed by atoms with van der Waals surface area (Å²) in [6.07, 6.45) is 0. The van der Waals surface area contributed by atoms with Crippen molar-refractivity contribution in [2.24, 2.45) is 0 Å². The molecule has 0 spiro atoms. The SMILES string of the molecule is CCOc1ccccc1NC(=O)C(=O)Nc1ccc(C(=O)OC)cc1. The average Bonchev–Trinajstić information content (AvgIpc) is 2.63. The van der Waals surface area contributed by atoms with Gasteiger partial charge < -0.3 is 20.1 Å². The smallest absolute Gasteiger partial charge is 0.337 e. The van der Waals surface area contributed by atoms with Crippen molar-refractivity contribution >= 4 is 29.2 Å². The lowest BCUT2D eigenvalue weighted by Gasteiger charge is -2.11. The van der Waals surface area contributed by atoms with Crippen molar-refractivity contribution in [1.82, 2.24) is 0 Å². The first-order valence-electron chi connectivity index (χ1n) is 7.57. The van der Waals surface area contributed by atoms with Gasteiger partial charge in [0.05, 0.1) is 25.0 Å². The Bertz CT molecular complexity index is 771. The lowest BCUT2D eigenvalue weighted by molar-refractivity contribution is -0.133.